The Labute approximate surface area is 117 Å². The average molecular weight is 279 g/mol. The summed E-state index contributed by atoms with van der Waals surface area (Å²) in [4.78, 5) is 24.9. The zero-order valence-corrected chi connectivity index (χ0v) is 11.6. The van der Waals surface area contributed by atoms with Gasteiger partial charge in [0.2, 0.25) is 5.91 Å². The van der Waals surface area contributed by atoms with E-state index in [1.165, 1.54) is 13.8 Å². The zero-order valence-electron chi connectivity index (χ0n) is 11.6. The SMILES string of the molecule is CC(F)C(C)C(=O)N1C(=O)OCC1Cc1ccccc1. The number of carbonyl (C=O) groups excluding carboxylic acids is 2. The van der Waals surface area contributed by atoms with Crippen molar-refractivity contribution in [3.05, 3.63) is 35.9 Å². The predicted octanol–water partition coefficient (Wildman–Crippen LogP) is 2.57. The van der Waals surface area contributed by atoms with Crippen LogP contribution < -0.4 is 0 Å². The fraction of sp³-hybridized carbons (Fsp3) is 0.467. The predicted molar refractivity (Wildman–Crippen MR) is 71.9 cm³/mol. The van der Waals surface area contributed by atoms with Crippen LogP contribution in [0.3, 0.4) is 0 Å². The summed E-state index contributed by atoms with van der Waals surface area (Å²) in [6.07, 6.45) is -1.46. The summed E-state index contributed by atoms with van der Waals surface area (Å²) >= 11 is 0. The lowest BCUT2D eigenvalue weighted by atomic mass is 10.0. The first kappa shape index (κ1) is 14.5. The molecule has 108 valence electrons. The second-order valence-corrected chi connectivity index (χ2v) is 5.09. The summed E-state index contributed by atoms with van der Waals surface area (Å²) in [5.74, 6) is -1.36. The van der Waals surface area contributed by atoms with Crippen molar-refractivity contribution in [2.45, 2.75) is 32.5 Å². The first-order valence-electron chi connectivity index (χ1n) is 6.68. The Kier molecular flexibility index (Phi) is 4.37. The maximum absolute atomic E-state index is 13.3. The minimum absolute atomic E-state index is 0.160. The molecule has 2 rings (SSSR count). The number of benzene rings is 1. The van der Waals surface area contributed by atoms with Gasteiger partial charge in [0.25, 0.3) is 0 Å². The van der Waals surface area contributed by atoms with Gasteiger partial charge in [0.15, 0.2) is 0 Å². The molecule has 1 heterocycles. The summed E-state index contributed by atoms with van der Waals surface area (Å²) in [5.41, 5.74) is 1.01. The molecule has 1 saturated heterocycles. The second kappa shape index (κ2) is 6.03. The van der Waals surface area contributed by atoms with Gasteiger partial charge in [-0.3, -0.25) is 4.79 Å². The highest BCUT2D eigenvalue weighted by molar-refractivity contribution is 5.94. The first-order chi connectivity index (χ1) is 9.50. The number of imide groups is 1. The number of halogens is 1. The maximum Gasteiger partial charge on any atom is 0.416 e. The maximum atomic E-state index is 13.3. The Morgan fingerprint density at radius 3 is 2.65 bits per heavy atom. The number of hydrogen-bond donors (Lipinski definition) is 0. The summed E-state index contributed by atoms with van der Waals surface area (Å²) in [6.45, 7) is 2.96. The van der Waals surface area contributed by atoms with Gasteiger partial charge < -0.3 is 4.74 Å². The van der Waals surface area contributed by atoms with Crippen LogP contribution in [-0.4, -0.2) is 35.7 Å². The summed E-state index contributed by atoms with van der Waals surface area (Å²) in [5, 5.41) is 0. The Hall–Kier alpha value is -1.91. The molecule has 0 N–H and O–H groups in total. The van der Waals surface area contributed by atoms with Crippen LogP contribution in [0.4, 0.5) is 9.18 Å². The van der Waals surface area contributed by atoms with Crippen molar-refractivity contribution < 1.29 is 18.7 Å². The molecule has 1 fully saturated rings. The molecule has 0 spiro atoms. The molecule has 5 heteroatoms. The molecule has 3 atom stereocenters. The van der Waals surface area contributed by atoms with Crippen LogP contribution in [0.25, 0.3) is 0 Å². The normalized spacial score (nSPS) is 21.4. The van der Waals surface area contributed by atoms with E-state index in [-0.39, 0.29) is 12.6 Å². The molecular weight excluding hydrogens is 261 g/mol. The lowest BCUT2D eigenvalue weighted by Gasteiger charge is -2.23. The molecule has 0 aliphatic carbocycles. The number of ether oxygens (including phenoxy) is 1. The molecule has 20 heavy (non-hydrogen) atoms. The molecular formula is C15H18FNO3. The molecule has 0 saturated carbocycles. The lowest BCUT2D eigenvalue weighted by molar-refractivity contribution is -0.134. The van der Waals surface area contributed by atoms with Gasteiger partial charge in [-0.25, -0.2) is 14.1 Å². The van der Waals surface area contributed by atoms with Gasteiger partial charge in [-0.2, -0.15) is 0 Å². The number of hydrogen-bond acceptors (Lipinski definition) is 3. The highest BCUT2D eigenvalue weighted by Crippen LogP contribution is 2.21. The minimum Gasteiger partial charge on any atom is -0.447 e. The third-order valence-corrected chi connectivity index (χ3v) is 3.59. The van der Waals surface area contributed by atoms with Crippen LogP contribution in [0, 0.1) is 5.92 Å². The first-order valence-corrected chi connectivity index (χ1v) is 6.68. The number of nitrogens with zero attached hydrogens (tertiary/aromatic N) is 1. The number of carbonyl (C=O) groups is 2. The van der Waals surface area contributed by atoms with Crippen molar-refractivity contribution in [1.29, 1.82) is 0 Å². The van der Waals surface area contributed by atoms with E-state index in [0.717, 1.165) is 10.5 Å². The molecule has 0 radical (unpaired) electrons. The van der Waals surface area contributed by atoms with Gasteiger partial charge in [-0.05, 0) is 18.9 Å². The van der Waals surface area contributed by atoms with E-state index in [2.05, 4.69) is 0 Å². The molecule has 4 nitrogen and oxygen atoms in total. The molecule has 1 aromatic carbocycles. The van der Waals surface area contributed by atoms with Crippen LogP contribution in [0.2, 0.25) is 0 Å². The Morgan fingerprint density at radius 1 is 1.40 bits per heavy atom. The molecule has 1 aliphatic heterocycles. The quantitative estimate of drug-likeness (QED) is 0.851. The van der Waals surface area contributed by atoms with Gasteiger partial charge in [-0.15, -0.1) is 0 Å². The number of cyclic esters (lactones) is 1. The lowest BCUT2D eigenvalue weighted by Crippen LogP contribution is -2.44. The van der Waals surface area contributed by atoms with E-state index in [1.54, 1.807) is 0 Å². The topological polar surface area (TPSA) is 46.6 Å². The van der Waals surface area contributed by atoms with E-state index in [0.29, 0.717) is 6.42 Å². The Balaban J connectivity index is 2.13. The average Bonchev–Trinajstić information content (AvgIpc) is 2.79. The largest absolute Gasteiger partial charge is 0.447 e. The van der Waals surface area contributed by atoms with Gasteiger partial charge in [0.1, 0.15) is 12.8 Å². The third kappa shape index (κ3) is 2.98. The van der Waals surface area contributed by atoms with Gasteiger partial charge in [-0.1, -0.05) is 37.3 Å². The zero-order chi connectivity index (χ0) is 14.7. The van der Waals surface area contributed by atoms with Crippen molar-refractivity contribution in [3.8, 4) is 0 Å². The van der Waals surface area contributed by atoms with E-state index < -0.39 is 24.1 Å². The molecule has 3 unspecified atom stereocenters. The van der Waals surface area contributed by atoms with Crippen molar-refractivity contribution >= 4 is 12.0 Å². The van der Waals surface area contributed by atoms with Crippen LogP contribution in [-0.2, 0) is 16.0 Å². The van der Waals surface area contributed by atoms with Crippen LogP contribution in [0.15, 0.2) is 30.3 Å². The monoisotopic (exact) mass is 279 g/mol. The van der Waals surface area contributed by atoms with Crippen molar-refractivity contribution in [2.24, 2.45) is 5.92 Å². The third-order valence-electron chi connectivity index (χ3n) is 3.59. The highest BCUT2D eigenvalue weighted by atomic mass is 19.1. The van der Waals surface area contributed by atoms with Crippen molar-refractivity contribution in [2.75, 3.05) is 6.61 Å². The Morgan fingerprint density at radius 2 is 2.05 bits per heavy atom. The molecule has 1 aliphatic rings. The van der Waals surface area contributed by atoms with E-state index in [9.17, 15) is 14.0 Å². The van der Waals surface area contributed by atoms with Crippen molar-refractivity contribution in [3.63, 3.8) is 0 Å². The standard InChI is InChI=1S/C15H18FNO3/c1-10(11(2)16)14(18)17-13(9-20-15(17)19)8-12-6-4-3-5-7-12/h3-7,10-11,13H,8-9H2,1-2H3. The number of amides is 2. The van der Waals surface area contributed by atoms with E-state index >= 15 is 0 Å². The molecule has 0 bridgehead atoms. The second-order valence-electron chi connectivity index (χ2n) is 5.09. The van der Waals surface area contributed by atoms with Crippen LogP contribution in [0.1, 0.15) is 19.4 Å². The smallest absolute Gasteiger partial charge is 0.416 e. The molecule has 0 aromatic heterocycles. The van der Waals surface area contributed by atoms with Gasteiger partial charge in [0.05, 0.1) is 12.0 Å². The highest BCUT2D eigenvalue weighted by Gasteiger charge is 2.40. The van der Waals surface area contributed by atoms with Crippen LogP contribution in [0.5, 0.6) is 0 Å². The summed E-state index contributed by atoms with van der Waals surface area (Å²) in [6, 6.07) is 9.17. The number of rotatable bonds is 4. The number of alkyl halides is 1. The van der Waals surface area contributed by atoms with Gasteiger partial charge >= 0.3 is 6.09 Å². The minimum atomic E-state index is -1.30. The molecule has 2 amide bonds. The summed E-state index contributed by atoms with van der Waals surface area (Å²) < 4.78 is 18.2. The van der Waals surface area contributed by atoms with Crippen molar-refractivity contribution in [1.82, 2.24) is 4.90 Å². The van der Waals surface area contributed by atoms with Gasteiger partial charge in [0, 0.05) is 0 Å². The summed E-state index contributed by atoms with van der Waals surface area (Å²) in [7, 11) is 0. The Bertz CT molecular complexity index is 489. The fourth-order valence-electron chi connectivity index (χ4n) is 2.18. The molecule has 1 aromatic rings. The van der Waals surface area contributed by atoms with E-state index in [4.69, 9.17) is 4.74 Å². The van der Waals surface area contributed by atoms with Crippen LogP contribution >= 0.6 is 0 Å². The van der Waals surface area contributed by atoms with E-state index in [1.807, 2.05) is 30.3 Å². The fourth-order valence-corrected chi connectivity index (χ4v) is 2.18.